The largest absolute Gasteiger partial charge is 0.321 e. The van der Waals surface area contributed by atoms with Crippen molar-refractivity contribution in [3.05, 3.63) is 106 Å². The Morgan fingerprint density at radius 3 is 2.28 bits per heavy atom. The van der Waals surface area contributed by atoms with Crippen molar-refractivity contribution in [1.82, 2.24) is 9.62 Å². The lowest BCUT2D eigenvalue weighted by atomic mass is 9.82. The molecule has 1 saturated heterocycles. The van der Waals surface area contributed by atoms with Crippen molar-refractivity contribution in [3.63, 3.8) is 0 Å². The summed E-state index contributed by atoms with van der Waals surface area (Å²) in [5, 5.41) is 2.90. The van der Waals surface area contributed by atoms with Crippen LogP contribution in [-0.2, 0) is 27.7 Å². The van der Waals surface area contributed by atoms with Crippen molar-refractivity contribution < 1.29 is 30.8 Å². The molecule has 0 amide bonds. The van der Waals surface area contributed by atoms with Gasteiger partial charge in [0.05, 0.1) is 11.3 Å². The van der Waals surface area contributed by atoms with E-state index in [9.17, 15) is 26.4 Å². The average molecular weight is 618 g/mol. The first-order chi connectivity index (χ1) is 20.5. The van der Waals surface area contributed by atoms with E-state index in [2.05, 4.69) is 5.32 Å². The Balaban J connectivity index is 1.38. The van der Waals surface area contributed by atoms with Gasteiger partial charge in [-0.25, -0.2) is 26.0 Å². The topological polar surface area (TPSA) is 92.5 Å². The van der Waals surface area contributed by atoms with E-state index in [1.54, 1.807) is 10.4 Å². The van der Waals surface area contributed by atoms with E-state index in [0.717, 1.165) is 12.1 Å². The number of halogens is 4. The summed E-state index contributed by atoms with van der Waals surface area (Å²) in [5.74, 6) is -4.24. The molecule has 3 N–H and O–H groups in total. The molecule has 0 bridgehead atoms. The number of Topliss-reactive ketones (excluding diaryl/α,β-unsaturated/α-hetero) is 1. The number of hydrogen-bond acceptors (Lipinski definition) is 5. The molecule has 43 heavy (non-hydrogen) atoms. The highest BCUT2D eigenvalue weighted by Crippen LogP contribution is 2.35. The molecule has 5 rings (SSSR count). The molecular formula is C32H35F4N3O3S. The normalized spacial score (nSPS) is 21.0. The molecule has 0 aromatic heterocycles. The van der Waals surface area contributed by atoms with Crippen molar-refractivity contribution in [2.75, 3.05) is 13.1 Å². The fourth-order valence-electron chi connectivity index (χ4n) is 6.11. The monoisotopic (exact) mass is 617 g/mol. The number of nitrogens with two attached hydrogens (primary N) is 1. The second kappa shape index (κ2) is 12.9. The summed E-state index contributed by atoms with van der Waals surface area (Å²) in [4.78, 5) is 13.6. The highest BCUT2D eigenvalue weighted by molar-refractivity contribution is 7.90. The van der Waals surface area contributed by atoms with Crippen LogP contribution < -0.4 is 11.1 Å². The Bertz CT molecular complexity index is 1560. The molecule has 6 nitrogen and oxygen atoms in total. The first-order valence-electron chi connectivity index (χ1n) is 14.4. The summed E-state index contributed by atoms with van der Waals surface area (Å²) in [7, 11) is -3.46. The van der Waals surface area contributed by atoms with Crippen molar-refractivity contribution in [2.24, 2.45) is 5.73 Å². The summed E-state index contributed by atoms with van der Waals surface area (Å²) in [6.45, 7) is 2.83. The molecule has 0 spiro atoms. The van der Waals surface area contributed by atoms with Gasteiger partial charge in [-0.05, 0) is 85.2 Å². The number of sulfonamides is 1. The van der Waals surface area contributed by atoms with Crippen molar-refractivity contribution >= 4 is 15.8 Å². The third-order valence-electron chi connectivity index (χ3n) is 8.37. The number of benzene rings is 3. The standard InChI is InChI=1S/C32H35F4N3O3S/c1-19-17-38-18-26(39(19)43(41,42)27-10-11-27)9-12-28-21(3-2-4-29(28)36)15-30(40)32(37)31(20-5-7-23(33)8-6-20)22-13-24(34)16-25(35)14-22/h2-8,13-14,16,19,26-27,31-32,38H,9-12,15,17-18,37H2,1H3/t19-,26-,31-,32+/m0/s1. The Kier molecular flexibility index (Phi) is 9.36. The van der Waals surface area contributed by atoms with Crippen LogP contribution in [0.1, 0.15) is 54.4 Å². The molecule has 1 saturated carbocycles. The molecule has 2 fully saturated rings. The van der Waals surface area contributed by atoms with E-state index in [1.807, 2.05) is 6.92 Å². The van der Waals surface area contributed by atoms with Gasteiger partial charge in [0.2, 0.25) is 10.0 Å². The summed E-state index contributed by atoms with van der Waals surface area (Å²) in [6, 6.07) is 10.5. The van der Waals surface area contributed by atoms with Crippen LogP contribution in [0.25, 0.3) is 0 Å². The van der Waals surface area contributed by atoms with E-state index in [0.29, 0.717) is 55.1 Å². The van der Waals surface area contributed by atoms with Crippen LogP contribution in [0, 0.1) is 23.3 Å². The van der Waals surface area contributed by atoms with Gasteiger partial charge in [-0.2, -0.15) is 4.31 Å². The van der Waals surface area contributed by atoms with Gasteiger partial charge in [0.25, 0.3) is 0 Å². The lowest BCUT2D eigenvalue weighted by Gasteiger charge is -2.40. The number of nitrogens with zero attached hydrogens (tertiary/aromatic N) is 1. The van der Waals surface area contributed by atoms with E-state index in [-0.39, 0.29) is 35.7 Å². The summed E-state index contributed by atoms with van der Waals surface area (Å²) in [6.07, 6.45) is 1.57. The summed E-state index contributed by atoms with van der Waals surface area (Å²) >= 11 is 0. The minimum Gasteiger partial charge on any atom is -0.321 e. The van der Waals surface area contributed by atoms with Crippen LogP contribution >= 0.6 is 0 Å². The zero-order chi connectivity index (χ0) is 30.9. The highest BCUT2D eigenvalue weighted by atomic mass is 32.2. The minimum absolute atomic E-state index is 0.111. The third kappa shape index (κ3) is 7.01. The first kappa shape index (κ1) is 31.3. The van der Waals surface area contributed by atoms with Crippen molar-refractivity contribution in [1.29, 1.82) is 0 Å². The zero-order valence-electron chi connectivity index (χ0n) is 23.8. The van der Waals surface area contributed by atoms with Crippen LogP contribution in [-0.4, -0.2) is 55.0 Å². The number of carbonyl (C=O) groups is 1. The van der Waals surface area contributed by atoms with Gasteiger partial charge in [0, 0.05) is 43.6 Å². The first-order valence-corrected chi connectivity index (χ1v) is 15.9. The van der Waals surface area contributed by atoms with Gasteiger partial charge >= 0.3 is 0 Å². The second-order valence-corrected chi connectivity index (χ2v) is 13.7. The molecule has 4 atom stereocenters. The minimum atomic E-state index is -3.46. The molecule has 3 aromatic carbocycles. The lowest BCUT2D eigenvalue weighted by molar-refractivity contribution is -0.119. The molecule has 1 heterocycles. The Hall–Kier alpha value is -3.12. The smallest absolute Gasteiger partial charge is 0.217 e. The van der Waals surface area contributed by atoms with Crippen LogP contribution in [0.15, 0.2) is 60.7 Å². The number of carbonyl (C=O) groups excluding carboxylic acids is 1. The predicted molar refractivity (Wildman–Crippen MR) is 156 cm³/mol. The van der Waals surface area contributed by atoms with Gasteiger partial charge in [-0.3, -0.25) is 4.79 Å². The maximum atomic E-state index is 15.2. The van der Waals surface area contributed by atoms with Gasteiger partial charge < -0.3 is 11.1 Å². The molecule has 1 aliphatic carbocycles. The molecule has 0 unspecified atom stereocenters. The number of piperazine rings is 1. The molecular weight excluding hydrogens is 582 g/mol. The van der Waals surface area contributed by atoms with E-state index >= 15 is 4.39 Å². The molecule has 2 aliphatic rings. The fraction of sp³-hybridized carbons (Fsp3) is 0.406. The summed E-state index contributed by atoms with van der Waals surface area (Å²) in [5.41, 5.74) is 7.64. The molecule has 0 radical (unpaired) electrons. The Morgan fingerprint density at radius 1 is 0.953 bits per heavy atom. The van der Waals surface area contributed by atoms with E-state index in [1.165, 1.54) is 36.4 Å². The number of nitrogens with one attached hydrogen (secondary N) is 1. The number of rotatable bonds is 11. The van der Waals surface area contributed by atoms with Crippen LogP contribution in [0.3, 0.4) is 0 Å². The molecule has 3 aromatic rings. The van der Waals surface area contributed by atoms with Gasteiger partial charge in [0.15, 0.2) is 5.78 Å². The third-order valence-corrected chi connectivity index (χ3v) is 10.9. The van der Waals surface area contributed by atoms with E-state index < -0.39 is 51.0 Å². The maximum Gasteiger partial charge on any atom is 0.217 e. The Morgan fingerprint density at radius 2 is 1.63 bits per heavy atom. The van der Waals surface area contributed by atoms with Crippen LogP contribution in [0.4, 0.5) is 17.6 Å². The SMILES string of the molecule is C[C@H]1CNC[C@H](CCc2c(F)cccc2CC(=O)[C@@H](N)[C@@H](c2ccc(F)cc2)c2cc(F)cc(F)c2)N1S(=O)(=O)C1CC1. The summed E-state index contributed by atoms with van der Waals surface area (Å²) < 4.78 is 85.2. The van der Waals surface area contributed by atoms with Gasteiger partial charge in [-0.1, -0.05) is 24.3 Å². The molecule has 230 valence electrons. The fourth-order valence-corrected chi connectivity index (χ4v) is 8.36. The maximum absolute atomic E-state index is 15.2. The van der Waals surface area contributed by atoms with Crippen molar-refractivity contribution in [2.45, 2.75) is 68.3 Å². The predicted octanol–water partition coefficient (Wildman–Crippen LogP) is 4.60. The number of ketones is 1. The quantitative estimate of drug-likeness (QED) is 0.307. The van der Waals surface area contributed by atoms with Gasteiger partial charge in [-0.15, -0.1) is 0 Å². The zero-order valence-corrected chi connectivity index (χ0v) is 24.6. The average Bonchev–Trinajstić information content (AvgIpc) is 3.80. The molecule has 1 aliphatic heterocycles. The highest BCUT2D eigenvalue weighted by Gasteiger charge is 2.45. The number of hydrogen-bond donors (Lipinski definition) is 2. The van der Waals surface area contributed by atoms with Gasteiger partial charge in [0.1, 0.15) is 23.3 Å². The van der Waals surface area contributed by atoms with Crippen LogP contribution in [0.5, 0.6) is 0 Å². The van der Waals surface area contributed by atoms with E-state index in [4.69, 9.17) is 5.73 Å². The Labute approximate surface area is 249 Å². The van der Waals surface area contributed by atoms with Crippen LogP contribution in [0.2, 0.25) is 0 Å². The lowest BCUT2D eigenvalue weighted by Crippen LogP contribution is -2.59. The molecule has 11 heteroatoms. The second-order valence-electron chi connectivity index (χ2n) is 11.6. The van der Waals surface area contributed by atoms with Crippen molar-refractivity contribution in [3.8, 4) is 0 Å².